The van der Waals surface area contributed by atoms with Crippen molar-refractivity contribution in [3.63, 3.8) is 0 Å². The SMILES string of the molecule is c1ccc(-n2c3ccccc3c3cc(-c4cccc(-c5ccccc5-n5c6ccc(-c7ccc8ccccc8c7)cc6c6cc(-c7ccc8ccccc8c7)ccc65)c4)ccc32)cc1. The normalized spacial score (nSPS) is 11.8. The molecule has 0 N–H and O–H groups in total. The Hall–Kier alpha value is -8.46. The predicted molar refractivity (Wildman–Crippen MR) is 272 cm³/mol. The first-order chi connectivity index (χ1) is 31.7. The van der Waals surface area contributed by atoms with Crippen LogP contribution in [-0.2, 0) is 0 Å². The molecule has 0 aliphatic heterocycles. The fraction of sp³-hybridized carbons (Fsp3) is 0. The first-order valence-corrected chi connectivity index (χ1v) is 22.1. The fourth-order valence-corrected chi connectivity index (χ4v) is 10.2. The molecule has 0 aliphatic carbocycles. The van der Waals surface area contributed by atoms with E-state index in [1.807, 2.05) is 0 Å². The van der Waals surface area contributed by atoms with E-state index in [1.54, 1.807) is 0 Å². The Morgan fingerprint density at radius 1 is 0.219 bits per heavy atom. The zero-order valence-corrected chi connectivity index (χ0v) is 35.0. The summed E-state index contributed by atoms with van der Waals surface area (Å²) >= 11 is 0. The molecule has 0 atom stereocenters. The summed E-state index contributed by atoms with van der Waals surface area (Å²) < 4.78 is 4.86. The minimum atomic E-state index is 1.15. The van der Waals surface area contributed by atoms with Crippen molar-refractivity contribution < 1.29 is 0 Å². The van der Waals surface area contributed by atoms with Gasteiger partial charge in [0.15, 0.2) is 0 Å². The average Bonchev–Trinajstić information content (AvgIpc) is 3.88. The number of nitrogens with zero attached hydrogens (tertiary/aromatic N) is 2. The molecule has 0 bridgehead atoms. The van der Waals surface area contributed by atoms with Crippen molar-refractivity contribution >= 4 is 65.2 Å². The monoisotopic (exact) mass is 812 g/mol. The van der Waals surface area contributed by atoms with Gasteiger partial charge < -0.3 is 9.13 Å². The molecule has 0 radical (unpaired) electrons. The van der Waals surface area contributed by atoms with E-state index in [-0.39, 0.29) is 0 Å². The van der Waals surface area contributed by atoms with Crippen LogP contribution < -0.4 is 0 Å². The minimum Gasteiger partial charge on any atom is -0.309 e. The van der Waals surface area contributed by atoms with Crippen molar-refractivity contribution in [1.29, 1.82) is 0 Å². The number of aromatic nitrogens is 2. The number of benzene rings is 11. The Bertz CT molecular complexity index is 3820. The van der Waals surface area contributed by atoms with Crippen LogP contribution in [0.2, 0.25) is 0 Å². The van der Waals surface area contributed by atoms with Gasteiger partial charge in [-0.3, -0.25) is 0 Å². The van der Waals surface area contributed by atoms with Gasteiger partial charge in [0.2, 0.25) is 0 Å². The third kappa shape index (κ3) is 5.88. The molecule has 2 heterocycles. The van der Waals surface area contributed by atoms with E-state index in [0.717, 1.165) is 5.69 Å². The maximum absolute atomic E-state index is 2.48. The summed E-state index contributed by atoms with van der Waals surface area (Å²) in [5, 5.41) is 9.96. The van der Waals surface area contributed by atoms with Crippen LogP contribution in [0.25, 0.3) is 121 Å². The molecule has 0 amide bonds. The van der Waals surface area contributed by atoms with Crippen molar-refractivity contribution in [3.8, 4) is 55.9 Å². The topological polar surface area (TPSA) is 9.86 Å². The molecule has 0 fully saturated rings. The maximum Gasteiger partial charge on any atom is 0.0541 e. The van der Waals surface area contributed by atoms with Gasteiger partial charge in [-0.25, -0.2) is 0 Å². The van der Waals surface area contributed by atoms with Crippen molar-refractivity contribution in [2.24, 2.45) is 0 Å². The second-order valence-corrected chi connectivity index (χ2v) is 16.9. The molecule has 11 aromatic carbocycles. The lowest BCUT2D eigenvalue weighted by molar-refractivity contribution is 1.18. The van der Waals surface area contributed by atoms with Gasteiger partial charge in [-0.15, -0.1) is 0 Å². The van der Waals surface area contributed by atoms with E-state index < -0.39 is 0 Å². The van der Waals surface area contributed by atoms with E-state index in [2.05, 4.69) is 252 Å². The van der Waals surface area contributed by atoms with Crippen molar-refractivity contribution in [3.05, 3.63) is 243 Å². The zero-order valence-electron chi connectivity index (χ0n) is 35.0. The second kappa shape index (κ2) is 14.6. The number of fused-ring (bicyclic) bond motifs is 8. The standard InChI is InChI=1S/C62H40N2/c1-2-19-52(20-3-1)63-59-24-11-9-22-54(59)55-38-48(29-32-60(55)63)45-17-12-18-51(37-45)53-21-8-10-23-58(53)64-61-33-30-49(46-27-25-41-13-4-6-15-43(41)35-46)39-56(61)57-40-50(31-34-62(57)64)47-28-26-42-14-5-7-16-44(42)36-47/h1-40H. The molecular weight excluding hydrogens is 773 g/mol. The van der Waals surface area contributed by atoms with Crippen LogP contribution in [0.5, 0.6) is 0 Å². The quantitative estimate of drug-likeness (QED) is 0.158. The van der Waals surface area contributed by atoms with Gasteiger partial charge >= 0.3 is 0 Å². The first kappa shape index (κ1) is 36.2. The Balaban J connectivity index is 0.974. The number of hydrogen-bond acceptors (Lipinski definition) is 0. The lowest BCUT2D eigenvalue weighted by Gasteiger charge is -2.15. The fourth-order valence-electron chi connectivity index (χ4n) is 10.2. The lowest BCUT2D eigenvalue weighted by Crippen LogP contribution is -1.97. The molecule has 298 valence electrons. The molecule has 13 aromatic rings. The molecule has 0 aliphatic rings. The lowest BCUT2D eigenvalue weighted by atomic mass is 9.97. The molecule has 2 nitrogen and oxygen atoms in total. The van der Waals surface area contributed by atoms with Gasteiger partial charge in [0, 0.05) is 32.8 Å². The van der Waals surface area contributed by atoms with E-state index in [0.29, 0.717) is 0 Å². The van der Waals surface area contributed by atoms with Crippen LogP contribution in [-0.4, -0.2) is 9.13 Å². The first-order valence-electron chi connectivity index (χ1n) is 22.1. The van der Waals surface area contributed by atoms with Gasteiger partial charge in [-0.05, 0) is 139 Å². The van der Waals surface area contributed by atoms with E-state index >= 15 is 0 Å². The Labute approximate surface area is 371 Å². The average molecular weight is 813 g/mol. The van der Waals surface area contributed by atoms with Gasteiger partial charge in [0.05, 0.1) is 27.8 Å². The van der Waals surface area contributed by atoms with Crippen LogP contribution >= 0.6 is 0 Å². The highest BCUT2D eigenvalue weighted by molar-refractivity contribution is 6.13. The van der Waals surface area contributed by atoms with Crippen LogP contribution in [0.1, 0.15) is 0 Å². The smallest absolute Gasteiger partial charge is 0.0541 e. The summed E-state index contributed by atoms with van der Waals surface area (Å²) in [5.41, 5.74) is 16.7. The molecule has 0 spiro atoms. The van der Waals surface area contributed by atoms with E-state index in [4.69, 9.17) is 0 Å². The number of para-hydroxylation sites is 3. The largest absolute Gasteiger partial charge is 0.309 e. The maximum atomic E-state index is 2.48. The van der Waals surface area contributed by atoms with Crippen LogP contribution in [0.4, 0.5) is 0 Å². The summed E-state index contributed by atoms with van der Waals surface area (Å²) in [6.45, 7) is 0. The number of hydrogen-bond donors (Lipinski definition) is 0. The molecule has 0 saturated carbocycles. The summed E-state index contributed by atoms with van der Waals surface area (Å²) in [4.78, 5) is 0. The third-order valence-corrected chi connectivity index (χ3v) is 13.3. The molecule has 0 saturated heterocycles. The molecule has 2 heteroatoms. The summed E-state index contributed by atoms with van der Waals surface area (Å²) in [5.74, 6) is 0. The van der Waals surface area contributed by atoms with Crippen molar-refractivity contribution in [2.75, 3.05) is 0 Å². The third-order valence-electron chi connectivity index (χ3n) is 13.3. The van der Waals surface area contributed by atoms with Gasteiger partial charge in [0.25, 0.3) is 0 Å². The summed E-state index contributed by atoms with van der Waals surface area (Å²) in [6.07, 6.45) is 0. The predicted octanol–water partition coefficient (Wildman–Crippen LogP) is 16.9. The number of rotatable bonds is 6. The van der Waals surface area contributed by atoms with Crippen LogP contribution in [0, 0.1) is 0 Å². The minimum absolute atomic E-state index is 1.15. The van der Waals surface area contributed by atoms with Crippen LogP contribution in [0.3, 0.4) is 0 Å². The Kier molecular flexibility index (Phi) is 8.25. The van der Waals surface area contributed by atoms with E-state index in [1.165, 1.54) is 115 Å². The molecule has 0 unspecified atom stereocenters. The van der Waals surface area contributed by atoms with Gasteiger partial charge in [0.1, 0.15) is 0 Å². The second-order valence-electron chi connectivity index (χ2n) is 16.9. The zero-order chi connectivity index (χ0) is 42.1. The highest BCUT2D eigenvalue weighted by atomic mass is 15.0. The molecule has 13 rings (SSSR count). The van der Waals surface area contributed by atoms with Crippen LogP contribution in [0.15, 0.2) is 243 Å². The molecule has 2 aromatic heterocycles. The Morgan fingerprint density at radius 3 is 1.30 bits per heavy atom. The van der Waals surface area contributed by atoms with E-state index in [9.17, 15) is 0 Å². The Morgan fingerprint density at radius 2 is 0.656 bits per heavy atom. The van der Waals surface area contributed by atoms with Crippen molar-refractivity contribution in [2.45, 2.75) is 0 Å². The van der Waals surface area contributed by atoms with Gasteiger partial charge in [-0.2, -0.15) is 0 Å². The van der Waals surface area contributed by atoms with Crippen molar-refractivity contribution in [1.82, 2.24) is 9.13 Å². The molecular formula is C62H40N2. The molecule has 64 heavy (non-hydrogen) atoms. The highest BCUT2D eigenvalue weighted by Crippen LogP contribution is 2.42. The summed E-state index contributed by atoms with van der Waals surface area (Å²) in [7, 11) is 0. The van der Waals surface area contributed by atoms with Gasteiger partial charge in [-0.1, -0.05) is 164 Å². The summed E-state index contributed by atoms with van der Waals surface area (Å²) in [6, 6.07) is 89.2. The highest BCUT2D eigenvalue weighted by Gasteiger charge is 2.19.